The molecule has 0 spiro atoms. The number of ether oxygens (including phenoxy) is 1. The number of carbonyl (C=O) groups excluding carboxylic acids is 1. The summed E-state index contributed by atoms with van der Waals surface area (Å²) < 4.78 is 55.4. The van der Waals surface area contributed by atoms with Gasteiger partial charge in [-0.1, -0.05) is 29.8 Å². The smallest absolute Gasteiger partial charge is 0.387 e. The third kappa shape index (κ3) is 4.63. The summed E-state index contributed by atoms with van der Waals surface area (Å²) >= 11 is 6.24. The maximum atomic E-state index is 13.2. The molecule has 0 aliphatic carbocycles. The Labute approximate surface area is 199 Å². The van der Waals surface area contributed by atoms with Crippen LogP contribution in [0.4, 0.5) is 8.78 Å². The van der Waals surface area contributed by atoms with Gasteiger partial charge in [0.1, 0.15) is 5.75 Å². The van der Waals surface area contributed by atoms with Gasteiger partial charge in [-0.15, -0.1) is 0 Å². The zero-order valence-electron chi connectivity index (χ0n) is 17.8. The Balaban J connectivity index is 1.53. The highest BCUT2D eigenvalue weighted by atomic mass is 35.5. The third-order valence-corrected chi connectivity index (χ3v) is 7.34. The van der Waals surface area contributed by atoms with Crippen LogP contribution < -0.4 is 4.74 Å². The van der Waals surface area contributed by atoms with Crippen molar-refractivity contribution in [3.05, 3.63) is 76.6 Å². The second-order valence-corrected chi connectivity index (χ2v) is 9.97. The molecule has 1 aliphatic rings. The molecule has 1 aliphatic heterocycles. The van der Waals surface area contributed by atoms with E-state index in [4.69, 9.17) is 11.6 Å². The number of halogens is 3. The molecule has 1 N–H and O–H groups in total. The molecule has 0 fully saturated rings. The number of aliphatic hydroxyl groups is 1. The Hall–Kier alpha value is -3.02. The lowest BCUT2D eigenvalue weighted by molar-refractivity contribution is -0.135. The van der Waals surface area contributed by atoms with E-state index in [1.54, 1.807) is 24.3 Å². The Morgan fingerprint density at radius 2 is 1.82 bits per heavy atom. The minimum absolute atomic E-state index is 0.0610. The zero-order chi connectivity index (χ0) is 24.6. The van der Waals surface area contributed by atoms with E-state index < -0.39 is 28.7 Å². The number of rotatable bonds is 7. The van der Waals surface area contributed by atoms with Crippen LogP contribution in [0.5, 0.6) is 5.75 Å². The van der Waals surface area contributed by atoms with E-state index in [-0.39, 0.29) is 29.6 Å². The number of alkyl halides is 2. The van der Waals surface area contributed by atoms with Crippen LogP contribution in [-0.4, -0.2) is 46.2 Å². The van der Waals surface area contributed by atoms with Gasteiger partial charge in [-0.2, -0.15) is 26.4 Å². The molecule has 3 aromatic rings. The first kappa shape index (κ1) is 24.1. The molecular weight excluding hydrogens is 492 g/mol. The zero-order valence-corrected chi connectivity index (χ0v) is 19.4. The molecule has 2 heterocycles. The van der Waals surface area contributed by atoms with Crippen molar-refractivity contribution in [2.75, 3.05) is 0 Å². The number of fused-ring (bicyclic) bond motifs is 1. The normalized spacial score (nSPS) is 15.3. The number of amides is 1. The first-order valence-corrected chi connectivity index (χ1v) is 12.0. The fraction of sp³-hybridized carbons (Fsp3) is 0.273. The van der Waals surface area contributed by atoms with Gasteiger partial charge < -0.3 is 14.7 Å². The topological polar surface area (TPSA) is 102 Å². The molecule has 180 valence electrons. The van der Waals surface area contributed by atoms with E-state index in [1.165, 1.54) is 18.0 Å². The predicted octanol–water partition coefficient (Wildman–Crippen LogP) is 3.38. The van der Waals surface area contributed by atoms with Gasteiger partial charge >= 0.3 is 6.61 Å². The Kier molecular flexibility index (Phi) is 6.61. The van der Waals surface area contributed by atoms with Crippen LogP contribution in [0.1, 0.15) is 29.7 Å². The molecule has 12 heteroatoms. The first-order valence-electron chi connectivity index (χ1n) is 10.2. The summed E-state index contributed by atoms with van der Waals surface area (Å²) in [5.74, 6) is -1.41. The van der Waals surface area contributed by atoms with E-state index in [1.807, 2.05) is 0 Å². The molecular formula is C22H20ClF2N3O5S. The molecule has 34 heavy (non-hydrogen) atoms. The average molecular weight is 512 g/mol. The number of nitrogens with zero attached hydrogens (tertiary/aromatic N) is 3. The molecule has 0 radical (unpaired) electrons. The van der Waals surface area contributed by atoms with Crippen molar-refractivity contribution in [1.82, 2.24) is 14.1 Å². The maximum absolute atomic E-state index is 13.2. The van der Waals surface area contributed by atoms with Gasteiger partial charge in [0.05, 0.1) is 29.2 Å². The average Bonchev–Trinajstić information content (AvgIpc) is 3.35. The molecule has 0 bridgehead atoms. The second-order valence-electron chi connectivity index (χ2n) is 7.76. The number of hydrogen-bond donors (Lipinski definition) is 1. The lowest BCUT2D eigenvalue weighted by Gasteiger charge is -2.26. The van der Waals surface area contributed by atoms with Crippen molar-refractivity contribution in [3.8, 4) is 5.75 Å². The lowest BCUT2D eigenvalue weighted by atomic mass is 9.92. The number of aliphatic hydroxyl groups excluding tert-OH is 1. The van der Waals surface area contributed by atoms with Crippen molar-refractivity contribution in [2.24, 2.45) is 0 Å². The van der Waals surface area contributed by atoms with Crippen LogP contribution in [0.15, 0.2) is 59.6 Å². The Bertz CT molecular complexity index is 1290. The summed E-state index contributed by atoms with van der Waals surface area (Å²) in [5, 5.41) is 14.8. The SMILES string of the molecule is CC(O)C(C(=O)N1Cc2cn(S(=O)(=O)c3ccc(OC(F)F)cc3)nc2C1)c1ccccc1Cl. The van der Waals surface area contributed by atoms with Crippen molar-refractivity contribution < 1.29 is 31.8 Å². The Morgan fingerprint density at radius 1 is 1.15 bits per heavy atom. The van der Waals surface area contributed by atoms with Gasteiger partial charge in [0.15, 0.2) is 0 Å². The third-order valence-electron chi connectivity index (χ3n) is 5.45. The molecule has 1 amide bonds. The number of aromatic nitrogens is 2. The summed E-state index contributed by atoms with van der Waals surface area (Å²) in [6, 6.07) is 11.3. The molecule has 0 saturated heterocycles. The van der Waals surface area contributed by atoms with E-state index >= 15 is 0 Å². The molecule has 0 saturated carbocycles. The van der Waals surface area contributed by atoms with E-state index in [9.17, 15) is 27.1 Å². The summed E-state index contributed by atoms with van der Waals surface area (Å²) in [6.45, 7) is -1.34. The molecule has 2 unspecified atom stereocenters. The van der Waals surface area contributed by atoms with Gasteiger partial charge in [0.25, 0.3) is 10.0 Å². The highest BCUT2D eigenvalue weighted by molar-refractivity contribution is 7.89. The summed E-state index contributed by atoms with van der Waals surface area (Å²) in [6.07, 6.45) is 0.312. The number of benzene rings is 2. The lowest BCUT2D eigenvalue weighted by Crippen LogP contribution is -2.36. The van der Waals surface area contributed by atoms with Crippen LogP contribution in [-0.2, 0) is 27.9 Å². The van der Waals surface area contributed by atoms with Gasteiger partial charge in [-0.25, -0.2) is 0 Å². The van der Waals surface area contributed by atoms with Crippen molar-refractivity contribution >= 4 is 27.5 Å². The van der Waals surface area contributed by atoms with Gasteiger partial charge in [0.2, 0.25) is 5.91 Å². The van der Waals surface area contributed by atoms with Gasteiger partial charge in [-0.05, 0) is 42.8 Å². The fourth-order valence-corrected chi connectivity index (χ4v) is 5.25. The van der Waals surface area contributed by atoms with Gasteiger partial charge in [0, 0.05) is 23.3 Å². The number of carbonyl (C=O) groups is 1. The first-order chi connectivity index (χ1) is 16.1. The largest absolute Gasteiger partial charge is 0.435 e. The molecule has 2 aromatic carbocycles. The Morgan fingerprint density at radius 3 is 2.41 bits per heavy atom. The van der Waals surface area contributed by atoms with E-state index in [2.05, 4.69) is 9.84 Å². The standard InChI is InChI=1S/C22H20ClF2N3O5S/c1-13(29)20(17-4-2-3-5-18(17)23)21(30)27-10-14-11-28(26-19(14)12-27)34(31,32)16-8-6-15(7-9-16)33-22(24)25/h2-9,11,13,20,22,29H,10,12H2,1H3. The quantitative estimate of drug-likeness (QED) is 0.522. The van der Waals surface area contributed by atoms with E-state index in [0.717, 1.165) is 28.4 Å². The molecule has 8 nitrogen and oxygen atoms in total. The maximum Gasteiger partial charge on any atom is 0.387 e. The number of hydrogen-bond acceptors (Lipinski definition) is 6. The van der Waals surface area contributed by atoms with Crippen LogP contribution in [0.25, 0.3) is 0 Å². The summed E-state index contributed by atoms with van der Waals surface area (Å²) in [5.41, 5.74) is 1.44. The minimum Gasteiger partial charge on any atom is -0.435 e. The predicted molar refractivity (Wildman–Crippen MR) is 118 cm³/mol. The van der Waals surface area contributed by atoms with Gasteiger partial charge in [-0.3, -0.25) is 4.79 Å². The van der Waals surface area contributed by atoms with Crippen molar-refractivity contribution in [1.29, 1.82) is 0 Å². The molecule has 1 aromatic heterocycles. The monoisotopic (exact) mass is 511 g/mol. The van der Waals surface area contributed by atoms with Crippen molar-refractivity contribution in [3.63, 3.8) is 0 Å². The van der Waals surface area contributed by atoms with E-state index in [0.29, 0.717) is 21.8 Å². The highest BCUT2D eigenvalue weighted by Crippen LogP contribution is 2.32. The van der Waals surface area contributed by atoms with Crippen LogP contribution >= 0.6 is 11.6 Å². The summed E-state index contributed by atoms with van der Waals surface area (Å²) in [4.78, 5) is 14.5. The van der Waals surface area contributed by atoms with Crippen LogP contribution in [0.2, 0.25) is 5.02 Å². The highest BCUT2D eigenvalue weighted by Gasteiger charge is 2.36. The van der Waals surface area contributed by atoms with Crippen molar-refractivity contribution in [2.45, 2.75) is 43.5 Å². The minimum atomic E-state index is -4.08. The fourth-order valence-electron chi connectivity index (χ4n) is 3.83. The van der Waals surface area contributed by atoms with Crippen LogP contribution in [0, 0.1) is 0 Å². The summed E-state index contributed by atoms with van der Waals surface area (Å²) in [7, 11) is -4.08. The van der Waals surface area contributed by atoms with Crippen LogP contribution in [0.3, 0.4) is 0 Å². The molecule has 2 atom stereocenters. The molecule has 4 rings (SSSR count). The second kappa shape index (κ2) is 9.32.